The molecule has 3 nitrogen and oxygen atoms in total. The number of hydrogen-bond donors (Lipinski definition) is 0. The van der Waals surface area contributed by atoms with E-state index in [0.29, 0.717) is 22.1 Å². The normalized spacial score (nSPS) is 25.1. The minimum Gasteiger partial charge on any atom is -0.384 e. The summed E-state index contributed by atoms with van der Waals surface area (Å²) < 4.78 is 5.08. The minimum absolute atomic E-state index is 0.396. The van der Waals surface area contributed by atoms with Crippen molar-refractivity contribution in [1.82, 2.24) is 10.2 Å². The van der Waals surface area contributed by atoms with Gasteiger partial charge in [-0.05, 0) is 29.9 Å². The Hall–Kier alpha value is -0.380. The number of rotatable bonds is 3. The van der Waals surface area contributed by atoms with Crippen LogP contribution in [0.25, 0.3) is 0 Å². The molecule has 1 fully saturated rings. The van der Waals surface area contributed by atoms with Crippen LogP contribution in [-0.2, 0) is 4.74 Å². The second kappa shape index (κ2) is 4.01. The van der Waals surface area contributed by atoms with E-state index >= 15 is 0 Å². The van der Waals surface area contributed by atoms with E-state index < -0.39 is 0 Å². The van der Waals surface area contributed by atoms with Gasteiger partial charge in [-0.2, -0.15) is 0 Å². The first kappa shape index (κ1) is 10.1. The quantitative estimate of drug-likeness (QED) is 0.804. The monoisotopic (exact) mass is 232 g/mol. The highest BCUT2D eigenvalue weighted by molar-refractivity contribution is 6.31. The van der Waals surface area contributed by atoms with Crippen molar-refractivity contribution in [2.24, 2.45) is 5.92 Å². The van der Waals surface area contributed by atoms with E-state index in [1.54, 1.807) is 13.2 Å². The fraction of sp³-hybridized carbons (Fsp3) is 0.556. The molecule has 0 radical (unpaired) electrons. The standard InChI is InChI=1S/C9H10Cl2N2O/c1-14-4-5-2-6(5)7-3-8(10)12-13-9(7)11/h3,5-6H,2,4H2,1H3/t5-,6+/m1/s1. The van der Waals surface area contributed by atoms with Crippen molar-refractivity contribution >= 4 is 23.2 Å². The topological polar surface area (TPSA) is 35.0 Å². The lowest BCUT2D eigenvalue weighted by atomic mass is 10.2. The molecular formula is C9H10Cl2N2O. The average molecular weight is 233 g/mol. The number of methoxy groups -OCH3 is 1. The van der Waals surface area contributed by atoms with Gasteiger partial charge in [0.15, 0.2) is 10.3 Å². The maximum atomic E-state index is 5.92. The molecule has 1 aromatic heterocycles. The Morgan fingerprint density at radius 3 is 3.00 bits per heavy atom. The van der Waals surface area contributed by atoms with Crippen LogP contribution in [0, 0.1) is 5.92 Å². The lowest BCUT2D eigenvalue weighted by Gasteiger charge is -2.01. The van der Waals surface area contributed by atoms with Gasteiger partial charge in [-0.1, -0.05) is 23.2 Å². The predicted octanol–water partition coefficient (Wildman–Crippen LogP) is 2.53. The van der Waals surface area contributed by atoms with Gasteiger partial charge in [-0.3, -0.25) is 0 Å². The number of aromatic nitrogens is 2. The highest BCUT2D eigenvalue weighted by atomic mass is 35.5. The second-order valence-electron chi connectivity index (χ2n) is 3.47. The zero-order chi connectivity index (χ0) is 10.1. The molecule has 0 saturated heterocycles. The largest absolute Gasteiger partial charge is 0.384 e. The van der Waals surface area contributed by atoms with Gasteiger partial charge in [0.1, 0.15) is 0 Å². The van der Waals surface area contributed by atoms with Crippen LogP contribution in [0.3, 0.4) is 0 Å². The molecular weight excluding hydrogens is 223 g/mol. The maximum absolute atomic E-state index is 5.92. The zero-order valence-corrected chi connectivity index (χ0v) is 9.22. The summed E-state index contributed by atoms with van der Waals surface area (Å²) in [5.74, 6) is 0.994. The minimum atomic E-state index is 0.396. The Kier molecular flexibility index (Phi) is 2.91. The van der Waals surface area contributed by atoms with Gasteiger partial charge in [-0.15, -0.1) is 10.2 Å². The Labute approximate surface area is 92.4 Å². The third-order valence-electron chi connectivity index (χ3n) is 2.45. The van der Waals surface area contributed by atoms with Crippen LogP contribution in [0.1, 0.15) is 17.9 Å². The molecule has 14 heavy (non-hydrogen) atoms. The summed E-state index contributed by atoms with van der Waals surface area (Å²) in [5.41, 5.74) is 0.994. The average Bonchev–Trinajstić information content (AvgIpc) is 2.89. The molecule has 0 aliphatic heterocycles. The highest BCUT2D eigenvalue weighted by Gasteiger charge is 2.39. The van der Waals surface area contributed by atoms with E-state index in [-0.39, 0.29) is 0 Å². The van der Waals surface area contributed by atoms with Crippen LogP contribution in [0.15, 0.2) is 6.07 Å². The molecule has 2 rings (SSSR count). The lowest BCUT2D eigenvalue weighted by molar-refractivity contribution is 0.184. The van der Waals surface area contributed by atoms with Crippen LogP contribution >= 0.6 is 23.2 Å². The predicted molar refractivity (Wildman–Crippen MR) is 54.8 cm³/mol. The maximum Gasteiger partial charge on any atom is 0.155 e. The first-order valence-electron chi connectivity index (χ1n) is 4.40. The van der Waals surface area contributed by atoms with Gasteiger partial charge in [-0.25, -0.2) is 0 Å². The Morgan fingerprint density at radius 1 is 1.50 bits per heavy atom. The summed E-state index contributed by atoms with van der Waals surface area (Å²) in [6.07, 6.45) is 1.09. The molecule has 0 spiro atoms. The molecule has 1 heterocycles. The Balaban J connectivity index is 2.14. The molecule has 1 saturated carbocycles. The molecule has 1 aliphatic carbocycles. The molecule has 1 aliphatic rings. The molecule has 2 atom stereocenters. The van der Waals surface area contributed by atoms with Crippen molar-refractivity contribution in [2.75, 3.05) is 13.7 Å². The van der Waals surface area contributed by atoms with Crippen molar-refractivity contribution < 1.29 is 4.74 Å². The van der Waals surface area contributed by atoms with Crippen LogP contribution in [0.4, 0.5) is 0 Å². The van der Waals surface area contributed by atoms with Gasteiger partial charge < -0.3 is 4.74 Å². The molecule has 5 heteroatoms. The van der Waals surface area contributed by atoms with Gasteiger partial charge in [0.25, 0.3) is 0 Å². The van der Waals surface area contributed by atoms with Gasteiger partial charge in [0.2, 0.25) is 0 Å². The summed E-state index contributed by atoms with van der Waals surface area (Å²) in [6, 6.07) is 1.79. The summed E-state index contributed by atoms with van der Waals surface area (Å²) in [7, 11) is 1.70. The Morgan fingerprint density at radius 2 is 2.29 bits per heavy atom. The molecule has 0 amide bonds. The van der Waals surface area contributed by atoms with Crippen LogP contribution in [-0.4, -0.2) is 23.9 Å². The summed E-state index contributed by atoms with van der Waals surface area (Å²) >= 11 is 11.7. The van der Waals surface area contributed by atoms with Gasteiger partial charge >= 0.3 is 0 Å². The number of halogens is 2. The number of hydrogen-bond acceptors (Lipinski definition) is 3. The van der Waals surface area contributed by atoms with Crippen LogP contribution < -0.4 is 0 Å². The van der Waals surface area contributed by atoms with Crippen LogP contribution in [0.2, 0.25) is 10.3 Å². The fourth-order valence-electron chi connectivity index (χ4n) is 1.65. The van der Waals surface area contributed by atoms with E-state index in [1.165, 1.54) is 0 Å². The molecule has 76 valence electrons. The van der Waals surface area contributed by atoms with Crippen molar-refractivity contribution in [3.63, 3.8) is 0 Å². The van der Waals surface area contributed by atoms with Crippen molar-refractivity contribution in [1.29, 1.82) is 0 Å². The smallest absolute Gasteiger partial charge is 0.155 e. The van der Waals surface area contributed by atoms with Gasteiger partial charge in [0, 0.05) is 13.7 Å². The number of nitrogens with zero attached hydrogens (tertiary/aromatic N) is 2. The van der Waals surface area contributed by atoms with Gasteiger partial charge in [0.05, 0.1) is 0 Å². The molecule has 0 aromatic carbocycles. The fourth-order valence-corrected chi connectivity index (χ4v) is 2.04. The second-order valence-corrected chi connectivity index (χ2v) is 4.22. The highest BCUT2D eigenvalue weighted by Crippen LogP contribution is 2.49. The lowest BCUT2D eigenvalue weighted by Crippen LogP contribution is -1.95. The molecule has 1 aromatic rings. The van der Waals surface area contributed by atoms with E-state index in [0.717, 1.165) is 18.6 Å². The van der Waals surface area contributed by atoms with Crippen molar-refractivity contribution in [3.05, 3.63) is 21.9 Å². The van der Waals surface area contributed by atoms with E-state index in [1.807, 2.05) is 0 Å². The first-order valence-corrected chi connectivity index (χ1v) is 5.15. The molecule has 0 bridgehead atoms. The first-order chi connectivity index (χ1) is 6.72. The van der Waals surface area contributed by atoms with Crippen molar-refractivity contribution in [3.8, 4) is 0 Å². The summed E-state index contributed by atoms with van der Waals surface area (Å²) in [5, 5.41) is 8.30. The van der Waals surface area contributed by atoms with Crippen LogP contribution in [0.5, 0.6) is 0 Å². The summed E-state index contributed by atoms with van der Waals surface area (Å²) in [4.78, 5) is 0. The third kappa shape index (κ3) is 2.00. The van der Waals surface area contributed by atoms with E-state index in [9.17, 15) is 0 Å². The molecule has 0 N–H and O–H groups in total. The van der Waals surface area contributed by atoms with E-state index in [4.69, 9.17) is 27.9 Å². The summed E-state index contributed by atoms with van der Waals surface area (Å²) in [6.45, 7) is 0.765. The SMILES string of the molecule is COC[C@H]1C[C@@H]1c1cc(Cl)nnc1Cl. The third-order valence-corrected chi connectivity index (χ3v) is 2.93. The molecule has 0 unspecified atom stereocenters. The number of ether oxygens (including phenoxy) is 1. The Bertz CT molecular complexity index is 346. The zero-order valence-electron chi connectivity index (χ0n) is 7.70. The van der Waals surface area contributed by atoms with E-state index in [2.05, 4.69) is 10.2 Å². The van der Waals surface area contributed by atoms with Crippen molar-refractivity contribution in [2.45, 2.75) is 12.3 Å².